The van der Waals surface area contributed by atoms with Gasteiger partial charge >= 0.3 is 0 Å². The second-order valence-electron chi connectivity index (χ2n) is 7.40. The number of ether oxygens (including phenoxy) is 1. The molecule has 2 aromatic rings. The second-order valence-corrected chi connectivity index (χ2v) is 7.40. The highest BCUT2D eigenvalue weighted by atomic mass is 16.5. The Bertz CT molecular complexity index is 751. The fourth-order valence-electron chi connectivity index (χ4n) is 3.73. The summed E-state index contributed by atoms with van der Waals surface area (Å²) < 4.78 is 5.46. The Morgan fingerprint density at radius 3 is 2.63 bits per heavy atom. The quantitative estimate of drug-likeness (QED) is 0.796. The number of benzene rings is 2. The van der Waals surface area contributed by atoms with Gasteiger partial charge in [0.15, 0.2) is 0 Å². The Morgan fingerprint density at radius 2 is 1.96 bits per heavy atom. The Kier molecular flexibility index (Phi) is 6.51. The van der Waals surface area contributed by atoms with Crippen molar-refractivity contribution < 1.29 is 9.53 Å². The molecular formula is C23H30N2O2. The van der Waals surface area contributed by atoms with E-state index in [2.05, 4.69) is 42.6 Å². The van der Waals surface area contributed by atoms with Gasteiger partial charge in [-0.05, 0) is 56.0 Å². The van der Waals surface area contributed by atoms with Crippen LogP contribution in [-0.2, 0) is 4.79 Å². The Morgan fingerprint density at radius 1 is 1.22 bits per heavy atom. The summed E-state index contributed by atoms with van der Waals surface area (Å²) in [5.74, 6) is 1.74. The summed E-state index contributed by atoms with van der Waals surface area (Å²) in [7, 11) is 3.60. The fourth-order valence-corrected chi connectivity index (χ4v) is 3.73. The van der Waals surface area contributed by atoms with E-state index < -0.39 is 0 Å². The lowest BCUT2D eigenvalue weighted by Gasteiger charge is -2.26. The number of nitrogens with zero attached hydrogens (tertiary/aromatic N) is 1. The molecule has 4 nitrogen and oxygen atoms in total. The summed E-state index contributed by atoms with van der Waals surface area (Å²) in [6.45, 7) is 4.23. The van der Waals surface area contributed by atoms with Crippen molar-refractivity contribution in [3.05, 3.63) is 54.1 Å². The summed E-state index contributed by atoms with van der Waals surface area (Å²) in [5, 5.41) is 3.37. The number of carbonyl (C=O) groups is 1. The van der Waals surface area contributed by atoms with Crippen molar-refractivity contribution in [1.29, 1.82) is 0 Å². The standard InChI is InChI=1S/C23H30N2O2/c1-17(25(2)23(26)13-8-18-14-15-24-16-18)19-9-11-20(12-10-19)21-6-4-5-7-22(21)27-3/h4-7,9-12,17-18,24H,8,13-16H2,1-3H3. The highest BCUT2D eigenvalue weighted by molar-refractivity contribution is 5.76. The largest absolute Gasteiger partial charge is 0.496 e. The van der Waals surface area contributed by atoms with E-state index in [-0.39, 0.29) is 11.9 Å². The second kappa shape index (κ2) is 9.05. The van der Waals surface area contributed by atoms with Crippen LogP contribution in [0.4, 0.5) is 0 Å². The number of hydrogen-bond donors (Lipinski definition) is 1. The molecule has 1 fully saturated rings. The maximum atomic E-state index is 12.6. The highest BCUT2D eigenvalue weighted by Gasteiger charge is 2.20. The lowest BCUT2D eigenvalue weighted by Crippen LogP contribution is -2.30. The molecule has 3 rings (SSSR count). The molecule has 1 heterocycles. The smallest absolute Gasteiger partial charge is 0.222 e. The molecule has 2 atom stereocenters. The molecule has 0 spiro atoms. The van der Waals surface area contributed by atoms with Crippen LogP contribution in [0.5, 0.6) is 5.75 Å². The highest BCUT2D eigenvalue weighted by Crippen LogP contribution is 2.31. The molecule has 2 aromatic carbocycles. The van der Waals surface area contributed by atoms with Crippen LogP contribution < -0.4 is 10.1 Å². The number of carbonyl (C=O) groups excluding carboxylic acids is 1. The molecule has 144 valence electrons. The minimum absolute atomic E-state index is 0.0610. The van der Waals surface area contributed by atoms with E-state index >= 15 is 0 Å². The lowest BCUT2D eigenvalue weighted by atomic mass is 9.99. The number of para-hydroxylation sites is 1. The summed E-state index contributed by atoms with van der Waals surface area (Å²) >= 11 is 0. The van der Waals surface area contributed by atoms with E-state index in [0.29, 0.717) is 12.3 Å². The molecule has 0 aromatic heterocycles. The van der Waals surface area contributed by atoms with Crippen LogP contribution in [0.1, 0.15) is 37.8 Å². The van der Waals surface area contributed by atoms with Gasteiger partial charge in [-0.15, -0.1) is 0 Å². The Labute approximate surface area is 162 Å². The maximum absolute atomic E-state index is 12.6. The predicted molar refractivity (Wildman–Crippen MR) is 110 cm³/mol. The van der Waals surface area contributed by atoms with Crippen LogP contribution >= 0.6 is 0 Å². The number of nitrogens with one attached hydrogen (secondary N) is 1. The SMILES string of the molecule is COc1ccccc1-c1ccc(C(C)N(C)C(=O)CCC2CCNC2)cc1. The predicted octanol–water partition coefficient (Wildman–Crippen LogP) is 4.27. The van der Waals surface area contributed by atoms with Gasteiger partial charge in [0.05, 0.1) is 13.2 Å². The van der Waals surface area contributed by atoms with Crippen LogP contribution in [0.25, 0.3) is 11.1 Å². The van der Waals surface area contributed by atoms with Gasteiger partial charge in [-0.3, -0.25) is 4.79 Å². The van der Waals surface area contributed by atoms with E-state index in [9.17, 15) is 4.79 Å². The van der Waals surface area contributed by atoms with Gasteiger partial charge in [0.25, 0.3) is 0 Å². The van der Waals surface area contributed by atoms with Gasteiger partial charge in [-0.2, -0.15) is 0 Å². The van der Waals surface area contributed by atoms with Crippen molar-refractivity contribution in [3.63, 3.8) is 0 Å². The van der Waals surface area contributed by atoms with Crippen molar-refractivity contribution in [3.8, 4) is 16.9 Å². The number of amides is 1. The zero-order chi connectivity index (χ0) is 19.2. The van der Waals surface area contributed by atoms with Crippen LogP contribution in [0.2, 0.25) is 0 Å². The van der Waals surface area contributed by atoms with Gasteiger partial charge in [0.2, 0.25) is 5.91 Å². The third kappa shape index (κ3) is 4.69. The molecule has 0 bridgehead atoms. The summed E-state index contributed by atoms with van der Waals surface area (Å²) in [5.41, 5.74) is 3.34. The third-order valence-corrected chi connectivity index (χ3v) is 5.71. The van der Waals surface area contributed by atoms with E-state index in [1.165, 1.54) is 6.42 Å². The monoisotopic (exact) mass is 366 g/mol. The van der Waals surface area contributed by atoms with E-state index in [4.69, 9.17) is 4.74 Å². The van der Waals surface area contributed by atoms with Gasteiger partial charge in [0, 0.05) is 19.0 Å². The maximum Gasteiger partial charge on any atom is 0.222 e. The molecule has 1 aliphatic rings. The number of hydrogen-bond acceptors (Lipinski definition) is 3. The third-order valence-electron chi connectivity index (χ3n) is 5.71. The zero-order valence-corrected chi connectivity index (χ0v) is 16.6. The molecule has 0 aliphatic carbocycles. The number of methoxy groups -OCH3 is 1. The van der Waals surface area contributed by atoms with Crippen LogP contribution in [0.15, 0.2) is 48.5 Å². The zero-order valence-electron chi connectivity index (χ0n) is 16.6. The minimum atomic E-state index is 0.0610. The summed E-state index contributed by atoms with van der Waals surface area (Å²) in [4.78, 5) is 14.5. The first-order valence-corrected chi connectivity index (χ1v) is 9.80. The van der Waals surface area contributed by atoms with E-state index in [1.807, 2.05) is 30.1 Å². The van der Waals surface area contributed by atoms with Crippen molar-refractivity contribution >= 4 is 5.91 Å². The normalized spacial score (nSPS) is 17.5. The van der Waals surface area contributed by atoms with Crippen molar-refractivity contribution in [1.82, 2.24) is 10.2 Å². The average Bonchev–Trinajstić information content (AvgIpc) is 3.24. The topological polar surface area (TPSA) is 41.6 Å². The fraction of sp³-hybridized carbons (Fsp3) is 0.435. The molecule has 1 saturated heterocycles. The molecule has 2 unspecified atom stereocenters. The number of rotatable bonds is 7. The van der Waals surface area contributed by atoms with Crippen LogP contribution in [0, 0.1) is 5.92 Å². The molecule has 1 aliphatic heterocycles. The molecule has 0 saturated carbocycles. The first-order valence-electron chi connectivity index (χ1n) is 9.80. The molecule has 1 amide bonds. The van der Waals surface area contributed by atoms with Crippen LogP contribution in [-0.4, -0.2) is 38.1 Å². The first-order chi connectivity index (χ1) is 13.1. The van der Waals surface area contributed by atoms with E-state index in [1.54, 1.807) is 7.11 Å². The Balaban J connectivity index is 1.64. The molecular weight excluding hydrogens is 336 g/mol. The van der Waals surface area contributed by atoms with Gasteiger partial charge in [-0.25, -0.2) is 0 Å². The van der Waals surface area contributed by atoms with Crippen LogP contribution in [0.3, 0.4) is 0 Å². The molecule has 27 heavy (non-hydrogen) atoms. The van der Waals surface area contributed by atoms with Gasteiger partial charge < -0.3 is 15.0 Å². The van der Waals surface area contributed by atoms with E-state index in [0.717, 1.165) is 42.0 Å². The van der Waals surface area contributed by atoms with Crippen molar-refractivity contribution in [2.75, 3.05) is 27.2 Å². The van der Waals surface area contributed by atoms with Gasteiger partial charge in [-0.1, -0.05) is 42.5 Å². The minimum Gasteiger partial charge on any atom is -0.496 e. The van der Waals surface area contributed by atoms with Crippen molar-refractivity contribution in [2.24, 2.45) is 5.92 Å². The molecule has 0 radical (unpaired) electrons. The molecule has 1 N–H and O–H groups in total. The lowest BCUT2D eigenvalue weighted by molar-refractivity contribution is -0.132. The van der Waals surface area contributed by atoms with Gasteiger partial charge in [0.1, 0.15) is 5.75 Å². The average molecular weight is 367 g/mol. The summed E-state index contributed by atoms with van der Waals surface area (Å²) in [6, 6.07) is 16.5. The first kappa shape index (κ1) is 19.4. The Hall–Kier alpha value is -2.33. The summed E-state index contributed by atoms with van der Waals surface area (Å²) in [6.07, 6.45) is 2.80. The molecule has 4 heteroatoms. The van der Waals surface area contributed by atoms with Crippen molar-refractivity contribution in [2.45, 2.75) is 32.2 Å².